The number of benzene rings is 1. The Balaban J connectivity index is 1.98. The number of hydrogen-bond donors (Lipinski definition) is 3. The van der Waals surface area contributed by atoms with Crippen LogP contribution in [0.15, 0.2) is 30.8 Å². The summed E-state index contributed by atoms with van der Waals surface area (Å²) in [6.07, 6.45) is 4.25. The fourth-order valence-corrected chi connectivity index (χ4v) is 3.92. The van der Waals surface area contributed by atoms with Gasteiger partial charge in [0.1, 0.15) is 5.69 Å². The van der Waals surface area contributed by atoms with Crippen LogP contribution in [0, 0.1) is 17.8 Å². The number of ether oxygens (including phenoxy) is 2. The number of aliphatic hydroxyl groups is 1. The average molecular weight is 539 g/mol. The number of carbonyl (C=O) groups is 4. The van der Waals surface area contributed by atoms with E-state index in [0.29, 0.717) is 23.6 Å². The van der Waals surface area contributed by atoms with Crippen molar-refractivity contribution in [3.8, 4) is 11.1 Å². The minimum Gasteiger partial charge on any atom is -0.478 e. The van der Waals surface area contributed by atoms with Gasteiger partial charge >= 0.3 is 17.9 Å². The van der Waals surface area contributed by atoms with Crippen molar-refractivity contribution in [1.29, 1.82) is 0 Å². The first-order chi connectivity index (χ1) is 18.6. The van der Waals surface area contributed by atoms with E-state index >= 15 is 0 Å². The monoisotopic (exact) mass is 538 g/mol. The smallest absolute Gasteiger partial charge is 0.360 e. The van der Waals surface area contributed by atoms with Crippen molar-refractivity contribution in [2.75, 3.05) is 13.3 Å². The molecule has 0 radical (unpaired) electrons. The Labute approximate surface area is 227 Å². The lowest BCUT2D eigenvalue weighted by Crippen LogP contribution is -2.27. The molecule has 1 aromatic heterocycles. The molecule has 39 heavy (non-hydrogen) atoms. The normalized spacial score (nSPS) is 14.2. The zero-order valence-corrected chi connectivity index (χ0v) is 22.4. The van der Waals surface area contributed by atoms with E-state index in [4.69, 9.17) is 9.47 Å². The van der Waals surface area contributed by atoms with E-state index in [2.05, 4.69) is 16.9 Å². The summed E-state index contributed by atoms with van der Waals surface area (Å²) >= 11 is 0. The fraction of sp³-hybridized carbons (Fsp3) is 0.414. The number of nitrogens with one attached hydrogen (secondary N) is 1. The zero-order valence-electron chi connectivity index (χ0n) is 22.4. The van der Waals surface area contributed by atoms with E-state index < -0.39 is 43.1 Å². The summed E-state index contributed by atoms with van der Waals surface area (Å²) in [6.45, 7) is 8.63. The number of rotatable bonds is 13. The molecule has 0 aliphatic heterocycles. The van der Waals surface area contributed by atoms with E-state index in [1.54, 1.807) is 6.92 Å². The van der Waals surface area contributed by atoms with E-state index in [-0.39, 0.29) is 34.0 Å². The quantitative estimate of drug-likeness (QED) is 0.253. The summed E-state index contributed by atoms with van der Waals surface area (Å²) in [6, 6.07) is 5.55. The predicted molar refractivity (Wildman–Crippen MR) is 143 cm³/mol. The highest BCUT2D eigenvalue weighted by molar-refractivity contribution is 6.03. The summed E-state index contributed by atoms with van der Waals surface area (Å²) in [7, 11) is 0. The third-order valence-corrected chi connectivity index (χ3v) is 7.02. The van der Waals surface area contributed by atoms with Gasteiger partial charge in [0.2, 0.25) is 6.79 Å². The van der Waals surface area contributed by atoms with Crippen molar-refractivity contribution in [3.05, 3.63) is 58.9 Å². The number of carboxylic acids is 1. The van der Waals surface area contributed by atoms with Crippen LogP contribution in [-0.4, -0.2) is 52.3 Å². The fourth-order valence-electron chi connectivity index (χ4n) is 3.92. The third-order valence-electron chi connectivity index (χ3n) is 7.02. The Morgan fingerprint density at radius 1 is 1.15 bits per heavy atom. The molecule has 3 N–H and O–H groups in total. The predicted octanol–water partition coefficient (Wildman–Crippen LogP) is 4.06. The number of aliphatic hydroxyl groups excluding tert-OH is 1. The van der Waals surface area contributed by atoms with Gasteiger partial charge in [0.25, 0.3) is 5.91 Å². The van der Waals surface area contributed by atoms with Gasteiger partial charge in [-0.05, 0) is 65.6 Å². The maximum absolute atomic E-state index is 13.2. The van der Waals surface area contributed by atoms with Gasteiger partial charge in [-0.1, -0.05) is 39.8 Å². The molecule has 3 rings (SSSR count). The molecule has 0 unspecified atom stereocenters. The molecule has 0 saturated heterocycles. The van der Waals surface area contributed by atoms with Crippen molar-refractivity contribution in [2.45, 2.75) is 46.6 Å². The summed E-state index contributed by atoms with van der Waals surface area (Å²) < 4.78 is 10.3. The second-order valence-corrected chi connectivity index (χ2v) is 9.70. The molecule has 10 heteroatoms. The first-order valence-electron chi connectivity index (χ1n) is 12.9. The highest BCUT2D eigenvalue weighted by Gasteiger charge is 2.26. The number of amides is 1. The van der Waals surface area contributed by atoms with E-state index in [1.165, 1.54) is 30.3 Å². The zero-order chi connectivity index (χ0) is 28.7. The topological polar surface area (TPSA) is 152 Å². The van der Waals surface area contributed by atoms with E-state index in [1.807, 2.05) is 13.8 Å². The van der Waals surface area contributed by atoms with Crippen molar-refractivity contribution >= 4 is 29.9 Å². The number of aromatic nitrogens is 1. The van der Waals surface area contributed by atoms with Gasteiger partial charge in [-0.25, -0.2) is 14.6 Å². The Bertz CT molecular complexity index is 1270. The van der Waals surface area contributed by atoms with Crippen LogP contribution < -0.4 is 5.32 Å². The molecule has 0 spiro atoms. The van der Waals surface area contributed by atoms with Crippen LogP contribution in [0.4, 0.5) is 0 Å². The third kappa shape index (κ3) is 7.29. The Hall–Kier alpha value is -4.05. The molecular formula is C29H34N2O8. The van der Waals surface area contributed by atoms with E-state index in [0.717, 1.165) is 19.3 Å². The number of nitrogens with zero attached hydrogens (tertiary/aromatic N) is 1. The maximum Gasteiger partial charge on any atom is 0.360 e. The Morgan fingerprint density at radius 2 is 1.87 bits per heavy atom. The maximum atomic E-state index is 13.2. The number of esters is 2. The van der Waals surface area contributed by atoms with Crippen LogP contribution in [0.25, 0.3) is 17.2 Å². The number of hydrogen-bond acceptors (Lipinski definition) is 8. The van der Waals surface area contributed by atoms with Crippen molar-refractivity contribution in [2.24, 2.45) is 17.8 Å². The van der Waals surface area contributed by atoms with Gasteiger partial charge in [0, 0.05) is 12.1 Å². The molecule has 2 atom stereocenters. The van der Waals surface area contributed by atoms with Gasteiger partial charge in [0.15, 0.2) is 5.69 Å². The van der Waals surface area contributed by atoms with Crippen LogP contribution in [0.2, 0.25) is 0 Å². The second kappa shape index (κ2) is 13.1. The molecule has 1 saturated carbocycles. The van der Waals surface area contributed by atoms with Gasteiger partial charge in [-0.3, -0.25) is 9.59 Å². The van der Waals surface area contributed by atoms with Crippen LogP contribution in [0.1, 0.15) is 82.5 Å². The molecule has 2 aromatic rings. The largest absolute Gasteiger partial charge is 0.478 e. The number of aromatic carboxylic acids is 1. The highest BCUT2D eigenvalue weighted by atomic mass is 16.7. The molecule has 1 heterocycles. The molecule has 10 nitrogen and oxygen atoms in total. The molecule has 1 amide bonds. The minimum atomic E-state index is -1.28. The SMILES string of the molecule is C=Cc1cc(C(=O)O)c(-c2ccc(C(=O)NCC3CC3)nc2C(=O)OCOC(=O)[C@@H](C)[C@@H](C)CC)cc1CO. The Kier molecular flexibility index (Phi) is 9.95. The first-order valence-corrected chi connectivity index (χ1v) is 12.9. The van der Waals surface area contributed by atoms with E-state index in [9.17, 15) is 29.4 Å². The van der Waals surface area contributed by atoms with Gasteiger partial charge in [-0.2, -0.15) is 0 Å². The molecule has 1 aromatic carbocycles. The van der Waals surface area contributed by atoms with Crippen molar-refractivity contribution in [3.63, 3.8) is 0 Å². The highest BCUT2D eigenvalue weighted by Crippen LogP contribution is 2.31. The summed E-state index contributed by atoms with van der Waals surface area (Å²) in [5, 5.41) is 22.5. The summed E-state index contributed by atoms with van der Waals surface area (Å²) in [5.41, 5.74) is 0.383. The molecule has 1 aliphatic rings. The van der Waals surface area contributed by atoms with Crippen molar-refractivity contribution < 1.29 is 38.9 Å². The molecule has 1 aliphatic carbocycles. The van der Waals surface area contributed by atoms with Crippen molar-refractivity contribution in [1.82, 2.24) is 10.3 Å². The molecule has 1 fully saturated rings. The minimum absolute atomic E-state index is 0.0595. The lowest BCUT2D eigenvalue weighted by molar-refractivity contribution is -0.158. The Morgan fingerprint density at radius 3 is 2.46 bits per heavy atom. The number of pyridine rings is 1. The molecular weight excluding hydrogens is 504 g/mol. The lowest BCUT2D eigenvalue weighted by atomic mass is 9.92. The second-order valence-electron chi connectivity index (χ2n) is 9.70. The van der Waals surface area contributed by atoms with Gasteiger partial charge in [-0.15, -0.1) is 0 Å². The lowest BCUT2D eigenvalue weighted by Gasteiger charge is -2.17. The summed E-state index contributed by atoms with van der Waals surface area (Å²) in [4.78, 5) is 54.5. The standard InChI is InChI=1S/C29H34N2O8/c1-5-16(3)17(4)28(36)38-15-39-29(37)25-21(9-10-24(31-25)26(33)30-13-18-7-8-18)22-12-20(14-32)19(6-2)11-23(22)27(34)35/h6,9-12,16-18,32H,2,5,7-8,13-15H2,1,3-4H3,(H,30,33)(H,34,35)/t16-,17-/m0/s1. The number of carboxylic acid groups (broad SMARTS) is 1. The van der Waals surface area contributed by atoms with Crippen LogP contribution in [-0.2, 0) is 20.9 Å². The molecule has 208 valence electrons. The first kappa shape index (κ1) is 29.5. The van der Waals surface area contributed by atoms with Crippen LogP contribution in [0.5, 0.6) is 0 Å². The summed E-state index contributed by atoms with van der Waals surface area (Å²) in [5.74, 6) is -3.23. The number of carbonyl (C=O) groups excluding carboxylic acids is 3. The van der Waals surface area contributed by atoms with Gasteiger partial charge in [0.05, 0.1) is 18.1 Å². The average Bonchev–Trinajstić information content (AvgIpc) is 3.78. The van der Waals surface area contributed by atoms with Crippen LogP contribution >= 0.6 is 0 Å². The molecule has 0 bridgehead atoms. The van der Waals surface area contributed by atoms with Gasteiger partial charge < -0.3 is 25.0 Å². The van der Waals surface area contributed by atoms with Crippen LogP contribution in [0.3, 0.4) is 0 Å².